The molecule has 6 heteroatoms. The van der Waals surface area contributed by atoms with Crippen LogP contribution in [0.4, 0.5) is 5.69 Å². The Morgan fingerprint density at radius 2 is 1.70 bits per heavy atom. The minimum Gasteiger partial charge on any atom is -0.497 e. The van der Waals surface area contributed by atoms with Crippen LogP contribution < -0.4 is 9.75 Å². The van der Waals surface area contributed by atoms with E-state index in [2.05, 4.69) is 22.3 Å². The maximum Gasteiger partial charge on any atom is 0.280 e. The topological polar surface area (TPSA) is 59.7 Å². The van der Waals surface area contributed by atoms with Crippen LogP contribution in [0.3, 0.4) is 0 Å². The zero-order valence-corrected chi connectivity index (χ0v) is 17.6. The van der Waals surface area contributed by atoms with Crippen LogP contribution >= 0.6 is 0 Å². The summed E-state index contributed by atoms with van der Waals surface area (Å²) in [6.07, 6.45) is 1.91. The van der Waals surface area contributed by atoms with Gasteiger partial charge in [0, 0.05) is 11.3 Å². The minimum absolute atomic E-state index is 0.146. The van der Waals surface area contributed by atoms with Gasteiger partial charge < -0.3 is 4.74 Å². The van der Waals surface area contributed by atoms with Gasteiger partial charge in [-0.15, -0.1) is 0 Å². The van der Waals surface area contributed by atoms with Crippen LogP contribution in [0.5, 0.6) is 5.75 Å². The molecule has 0 radical (unpaired) electrons. The molecular formula is C24H24N4O2. The summed E-state index contributed by atoms with van der Waals surface area (Å²) in [7, 11) is 1.61. The maximum atomic E-state index is 13.1. The van der Waals surface area contributed by atoms with Gasteiger partial charge in [-0.2, -0.15) is 15.2 Å². The lowest BCUT2D eigenvalue weighted by atomic mass is 10.1. The molecular weight excluding hydrogens is 376 g/mol. The van der Waals surface area contributed by atoms with Crippen molar-refractivity contribution in [2.24, 2.45) is 5.10 Å². The van der Waals surface area contributed by atoms with E-state index in [0.717, 1.165) is 22.7 Å². The van der Waals surface area contributed by atoms with Crippen LogP contribution in [0.1, 0.15) is 29.4 Å². The molecule has 0 aliphatic carbocycles. The van der Waals surface area contributed by atoms with Gasteiger partial charge in [0.2, 0.25) is 0 Å². The molecule has 0 saturated carbocycles. The van der Waals surface area contributed by atoms with Gasteiger partial charge in [-0.05, 0) is 56.7 Å². The Kier molecular flexibility index (Phi) is 5.23. The van der Waals surface area contributed by atoms with Crippen molar-refractivity contribution >= 4 is 23.4 Å². The molecule has 1 aliphatic rings. The van der Waals surface area contributed by atoms with Gasteiger partial charge in [0.1, 0.15) is 5.75 Å². The van der Waals surface area contributed by atoms with E-state index in [-0.39, 0.29) is 5.91 Å². The monoisotopic (exact) mass is 400 g/mol. The Morgan fingerprint density at radius 3 is 2.37 bits per heavy atom. The average Bonchev–Trinajstić information content (AvgIpc) is 3.19. The average molecular weight is 400 g/mol. The van der Waals surface area contributed by atoms with E-state index < -0.39 is 0 Å². The first-order valence-corrected chi connectivity index (χ1v) is 9.81. The second-order valence-electron chi connectivity index (χ2n) is 7.29. The fraction of sp³-hybridized carbons (Fsp3) is 0.208. The molecule has 3 aromatic rings. The number of methoxy groups -OCH3 is 1. The van der Waals surface area contributed by atoms with Crippen molar-refractivity contribution in [3.8, 4) is 5.75 Å². The number of anilines is 1. The van der Waals surface area contributed by atoms with E-state index in [0.29, 0.717) is 23.5 Å². The number of benzene rings is 2. The van der Waals surface area contributed by atoms with Crippen LogP contribution in [0.25, 0.3) is 6.08 Å². The molecule has 0 fully saturated rings. The zero-order chi connectivity index (χ0) is 21.3. The number of hydrazone groups is 1. The summed E-state index contributed by atoms with van der Waals surface area (Å²) in [5.41, 5.74) is 6.02. The maximum absolute atomic E-state index is 13.1. The highest BCUT2D eigenvalue weighted by Crippen LogP contribution is 2.28. The van der Waals surface area contributed by atoms with Crippen molar-refractivity contribution in [1.29, 1.82) is 0 Å². The standard InChI is InChI=1S/C24H24N4O2/c1-16-22(18(3)27(25-16)15-19-8-6-5-7-9-19)14-23-17(2)26-28(24(23)29)20-10-12-21(30-4)13-11-20/h5-14H,15H2,1-4H3/b23-14+. The van der Waals surface area contributed by atoms with Crippen LogP contribution in [0, 0.1) is 13.8 Å². The SMILES string of the molecule is COc1ccc(N2N=C(C)/C(=C\c3c(C)nn(Cc4ccccc4)c3C)C2=O)cc1. The lowest BCUT2D eigenvalue weighted by Crippen LogP contribution is -2.21. The molecule has 152 valence electrons. The first kappa shape index (κ1) is 19.6. The summed E-state index contributed by atoms with van der Waals surface area (Å²) in [6.45, 7) is 6.54. The Labute approximate surface area is 176 Å². The largest absolute Gasteiger partial charge is 0.497 e. The van der Waals surface area contributed by atoms with Crippen molar-refractivity contribution < 1.29 is 9.53 Å². The van der Waals surface area contributed by atoms with Crippen LogP contribution in [-0.4, -0.2) is 28.5 Å². The fourth-order valence-corrected chi connectivity index (χ4v) is 3.56. The van der Waals surface area contributed by atoms with Gasteiger partial charge in [0.05, 0.1) is 36.3 Å². The van der Waals surface area contributed by atoms with Crippen molar-refractivity contribution in [2.45, 2.75) is 27.3 Å². The molecule has 1 amide bonds. The third-order valence-electron chi connectivity index (χ3n) is 5.28. The molecule has 6 nitrogen and oxygen atoms in total. The highest BCUT2D eigenvalue weighted by atomic mass is 16.5. The zero-order valence-electron chi connectivity index (χ0n) is 17.6. The summed E-state index contributed by atoms with van der Waals surface area (Å²) in [4.78, 5) is 13.1. The minimum atomic E-state index is -0.146. The highest BCUT2D eigenvalue weighted by molar-refractivity contribution is 6.32. The molecule has 2 heterocycles. The van der Waals surface area contributed by atoms with Crippen molar-refractivity contribution in [3.05, 3.63) is 82.7 Å². The molecule has 2 aromatic carbocycles. The third-order valence-corrected chi connectivity index (χ3v) is 5.28. The fourth-order valence-electron chi connectivity index (χ4n) is 3.56. The smallest absolute Gasteiger partial charge is 0.280 e. The van der Waals surface area contributed by atoms with E-state index in [4.69, 9.17) is 4.74 Å². The summed E-state index contributed by atoms with van der Waals surface area (Å²) >= 11 is 0. The number of carbonyl (C=O) groups is 1. The number of rotatable bonds is 5. The second-order valence-corrected chi connectivity index (χ2v) is 7.29. The molecule has 0 saturated heterocycles. The molecule has 0 bridgehead atoms. The number of amides is 1. The summed E-state index contributed by atoms with van der Waals surface area (Å²) in [6, 6.07) is 17.5. The number of aryl methyl sites for hydroxylation is 1. The molecule has 0 atom stereocenters. The van der Waals surface area contributed by atoms with Gasteiger partial charge in [0.15, 0.2) is 0 Å². The summed E-state index contributed by atoms with van der Waals surface area (Å²) in [5.74, 6) is 0.589. The van der Waals surface area contributed by atoms with Crippen molar-refractivity contribution in [2.75, 3.05) is 12.1 Å². The van der Waals surface area contributed by atoms with Crippen LogP contribution in [-0.2, 0) is 11.3 Å². The van der Waals surface area contributed by atoms with Gasteiger partial charge in [-0.25, -0.2) is 0 Å². The third kappa shape index (κ3) is 3.64. The first-order chi connectivity index (χ1) is 14.5. The number of ether oxygens (including phenoxy) is 1. The molecule has 0 N–H and O–H groups in total. The van der Waals surface area contributed by atoms with Gasteiger partial charge in [0.25, 0.3) is 5.91 Å². The summed E-state index contributed by atoms with van der Waals surface area (Å²) < 4.78 is 7.17. The van der Waals surface area contributed by atoms with E-state index in [1.165, 1.54) is 10.6 Å². The quantitative estimate of drug-likeness (QED) is 0.598. The highest BCUT2D eigenvalue weighted by Gasteiger charge is 2.29. The molecule has 1 aromatic heterocycles. The Hall–Kier alpha value is -3.67. The number of carbonyl (C=O) groups excluding carboxylic acids is 1. The van der Waals surface area contributed by atoms with E-state index in [1.807, 2.05) is 74.0 Å². The number of nitrogens with zero attached hydrogens (tertiary/aromatic N) is 4. The van der Waals surface area contributed by atoms with Crippen LogP contribution in [0.15, 0.2) is 65.3 Å². The predicted octanol–water partition coefficient (Wildman–Crippen LogP) is 4.36. The number of hydrogen-bond donors (Lipinski definition) is 0. The van der Waals surface area contributed by atoms with E-state index in [1.54, 1.807) is 7.11 Å². The van der Waals surface area contributed by atoms with Crippen LogP contribution in [0.2, 0.25) is 0 Å². The Bertz CT molecular complexity index is 1140. The molecule has 30 heavy (non-hydrogen) atoms. The molecule has 4 rings (SSSR count). The normalized spacial score (nSPS) is 15.1. The Balaban J connectivity index is 1.63. The van der Waals surface area contributed by atoms with E-state index >= 15 is 0 Å². The molecule has 1 aliphatic heterocycles. The first-order valence-electron chi connectivity index (χ1n) is 9.81. The Morgan fingerprint density at radius 1 is 1.00 bits per heavy atom. The van der Waals surface area contributed by atoms with Crippen molar-refractivity contribution in [1.82, 2.24) is 9.78 Å². The predicted molar refractivity (Wildman–Crippen MR) is 119 cm³/mol. The van der Waals surface area contributed by atoms with Gasteiger partial charge >= 0.3 is 0 Å². The lowest BCUT2D eigenvalue weighted by molar-refractivity contribution is -0.114. The van der Waals surface area contributed by atoms with Crippen molar-refractivity contribution in [3.63, 3.8) is 0 Å². The van der Waals surface area contributed by atoms with Gasteiger partial charge in [-0.1, -0.05) is 30.3 Å². The van der Waals surface area contributed by atoms with E-state index in [9.17, 15) is 4.79 Å². The lowest BCUT2D eigenvalue weighted by Gasteiger charge is -2.12. The summed E-state index contributed by atoms with van der Waals surface area (Å²) in [5, 5.41) is 10.6. The van der Waals surface area contributed by atoms with Gasteiger partial charge in [-0.3, -0.25) is 9.48 Å². The number of aromatic nitrogens is 2. The molecule has 0 unspecified atom stereocenters. The second kappa shape index (κ2) is 7.99. The molecule has 0 spiro atoms. The number of hydrogen-bond acceptors (Lipinski definition) is 4.